The average molecular weight is 378 g/mol. The molecular weight excluding hydrogens is 360 g/mol. The molecule has 4 heteroatoms. The topological polar surface area (TPSA) is 18.5 Å². The van der Waals surface area contributed by atoms with E-state index < -0.39 is 0 Å². The monoisotopic (exact) mass is 376 g/mol. The van der Waals surface area contributed by atoms with Crippen LogP contribution in [0.3, 0.4) is 0 Å². The Morgan fingerprint density at radius 1 is 1.39 bits per heavy atom. The Morgan fingerprint density at radius 3 is 2.78 bits per heavy atom. The number of ether oxygens (including phenoxy) is 2. The van der Waals surface area contributed by atoms with Gasteiger partial charge in [0.05, 0.1) is 0 Å². The number of halogens is 2. The minimum Gasteiger partial charge on any atom is -0.487 e. The molecule has 0 radical (unpaired) electrons. The molecule has 1 aromatic rings. The van der Waals surface area contributed by atoms with Crippen molar-refractivity contribution in [2.24, 2.45) is 0 Å². The highest BCUT2D eigenvalue weighted by atomic mass is 79.9. The minimum atomic E-state index is 0.167. The quantitative estimate of drug-likeness (QED) is 0.705. The predicted molar refractivity (Wildman–Crippen MR) is 80.7 cm³/mol. The van der Waals surface area contributed by atoms with Crippen molar-refractivity contribution in [1.82, 2.24) is 0 Å². The molecule has 0 heterocycles. The zero-order valence-electron chi connectivity index (χ0n) is 10.7. The van der Waals surface area contributed by atoms with Gasteiger partial charge in [0.15, 0.2) is 0 Å². The van der Waals surface area contributed by atoms with Crippen LogP contribution in [0.1, 0.15) is 25.3 Å². The molecule has 0 bridgehead atoms. The summed E-state index contributed by atoms with van der Waals surface area (Å²) in [4.78, 5) is 0.421. The molecule has 0 aromatic heterocycles. The van der Waals surface area contributed by atoms with Crippen LogP contribution in [-0.2, 0) is 4.74 Å². The second-order valence-electron chi connectivity index (χ2n) is 4.65. The van der Waals surface area contributed by atoms with Gasteiger partial charge >= 0.3 is 0 Å². The van der Waals surface area contributed by atoms with Gasteiger partial charge in [0.2, 0.25) is 0 Å². The smallest absolute Gasteiger partial charge is 0.127 e. The van der Waals surface area contributed by atoms with Crippen LogP contribution >= 0.6 is 31.9 Å². The van der Waals surface area contributed by atoms with Crippen LogP contribution in [0.4, 0.5) is 0 Å². The SMILES string of the molecule is CCCOC1C(Br)CC1Oc1ccc(Br)cc1C. The molecule has 1 aliphatic carbocycles. The van der Waals surface area contributed by atoms with Crippen LogP contribution < -0.4 is 4.74 Å². The van der Waals surface area contributed by atoms with Crippen LogP contribution in [0.5, 0.6) is 5.75 Å². The number of benzene rings is 1. The minimum absolute atomic E-state index is 0.167. The molecule has 1 aromatic carbocycles. The van der Waals surface area contributed by atoms with Crippen molar-refractivity contribution >= 4 is 31.9 Å². The second-order valence-corrected chi connectivity index (χ2v) is 6.75. The van der Waals surface area contributed by atoms with E-state index in [4.69, 9.17) is 9.47 Å². The summed E-state index contributed by atoms with van der Waals surface area (Å²) in [6.45, 7) is 4.98. The number of alkyl halides is 1. The molecule has 3 unspecified atom stereocenters. The van der Waals surface area contributed by atoms with Gasteiger partial charge in [-0.15, -0.1) is 0 Å². The van der Waals surface area contributed by atoms with Crippen LogP contribution in [0, 0.1) is 6.92 Å². The van der Waals surface area contributed by atoms with Gasteiger partial charge in [0, 0.05) is 22.3 Å². The van der Waals surface area contributed by atoms with E-state index in [1.165, 1.54) is 0 Å². The molecule has 100 valence electrons. The summed E-state index contributed by atoms with van der Waals surface area (Å²) in [5, 5.41) is 0. The lowest BCUT2D eigenvalue weighted by Crippen LogP contribution is -2.52. The number of hydrogen-bond donors (Lipinski definition) is 0. The molecular formula is C14H18Br2O2. The first-order chi connectivity index (χ1) is 8.61. The molecule has 1 fully saturated rings. The highest BCUT2D eigenvalue weighted by Crippen LogP contribution is 2.35. The molecule has 2 rings (SSSR count). The third kappa shape index (κ3) is 3.28. The van der Waals surface area contributed by atoms with Gasteiger partial charge in [0.25, 0.3) is 0 Å². The fourth-order valence-corrected chi connectivity index (χ4v) is 3.35. The molecule has 18 heavy (non-hydrogen) atoms. The maximum atomic E-state index is 6.04. The van der Waals surface area contributed by atoms with Gasteiger partial charge in [-0.3, -0.25) is 0 Å². The van der Waals surface area contributed by atoms with Crippen molar-refractivity contribution in [1.29, 1.82) is 0 Å². The van der Waals surface area contributed by atoms with Crippen LogP contribution in [-0.4, -0.2) is 23.6 Å². The van der Waals surface area contributed by atoms with Gasteiger partial charge in [-0.2, -0.15) is 0 Å². The average Bonchev–Trinajstić information content (AvgIpc) is 2.32. The van der Waals surface area contributed by atoms with E-state index in [0.717, 1.165) is 35.2 Å². The summed E-state index contributed by atoms with van der Waals surface area (Å²) in [7, 11) is 0. The fourth-order valence-electron chi connectivity index (χ4n) is 2.02. The fraction of sp³-hybridized carbons (Fsp3) is 0.571. The summed E-state index contributed by atoms with van der Waals surface area (Å²) in [6, 6.07) is 6.09. The van der Waals surface area contributed by atoms with E-state index >= 15 is 0 Å². The summed E-state index contributed by atoms with van der Waals surface area (Å²) in [5.41, 5.74) is 1.15. The predicted octanol–water partition coefficient (Wildman–Crippen LogP) is 4.47. The zero-order chi connectivity index (χ0) is 13.1. The highest BCUT2D eigenvalue weighted by molar-refractivity contribution is 9.10. The van der Waals surface area contributed by atoms with Crippen LogP contribution in [0.15, 0.2) is 22.7 Å². The van der Waals surface area contributed by atoms with E-state index in [0.29, 0.717) is 4.83 Å². The summed E-state index contributed by atoms with van der Waals surface area (Å²) in [5.74, 6) is 0.952. The number of hydrogen-bond acceptors (Lipinski definition) is 2. The first kappa shape index (κ1) is 14.4. The Bertz CT molecular complexity index is 409. The van der Waals surface area contributed by atoms with Gasteiger partial charge in [-0.1, -0.05) is 38.8 Å². The Labute approximate surface area is 125 Å². The molecule has 1 saturated carbocycles. The number of aryl methyl sites for hydroxylation is 1. The molecule has 2 nitrogen and oxygen atoms in total. The molecule has 0 spiro atoms. The Morgan fingerprint density at radius 2 is 2.17 bits per heavy atom. The van der Waals surface area contributed by atoms with E-state index in [1.54, 1.807) is 0 Å². The van der Waals surface area contributed by atoms with Crippen molar-refractivity contribution in [3.05, 3.63) is 28.2 Å². The van der Waals surface area contributed by atoms with Crippen molar-refractivity contribution in [2.75, 3.05) is 6.61 Å². The maximum Gasteiger partial charge on any atom is 0.127 e. The Balaban J connectivity index is 1.96. The normalized spacial score (nSPS) is 26.8. The lowest BCUT2D eigenvalue weighted by Gasteiger charge is -2.41. The lowest BCUT2D eigenvalue weighted by atomic mass is 9.91. The largest absolute Gasteiger partial charge is 0.487 e. The number of rotatable bonds is 5. The van der Waals surface area contributed by atoms with E-state index in [1.807, 2.05) is 12.1 Å². The first-order valence-corrected chi connectivity index (χ1v) is 8.01. The summed E-state index contributed by atoms with van der Waals surface area (Å²) >= 11 is 7.09. The molecule has 0 aliphatic heterocycles. The van der Waals surface area contributed by atoms with E-state index in [2.05, 4.69) is 51.8 Å². The standard InChI is InChI=1S/C14H18Br2O2/c1-3-6-17-14-11(16)8-13(14)18-12-5-4-10(15)7-9(12)2/h4-5,7,11,13-14H,3,6,8H2,1-2H3. The molecule has 0 saturated heterocycles. The van der Waals surface area contributed by atoms with Gasteiger partial charge in [0.1, 0.15) is 18.0 Å². The Hall–Kier alpha value is -0.0600. The van der Waals surface area contributed by atoms with Crippen molar-refractivity contribution in [3.8, 4) is 5.75 Å². The maximum absolute atomic E-state index is 6.04. The van der Waals surface area contributed by atoms with E-state index in [9.17, 15) is 0 Å². The third-order valence-electron chi connectivity index (χ3n) is 3.11. The summed E-state index contributed by atoms with van der Waals surface area (Å²) in [6.07, 6.45) is 2.39. The lowest BCUT2D eigenvalue weighted by molar-refractivity contribution is -0.0764. The summed E-state index contributed by atoms with van der Waals surface area (Å²) < 4.78 is 12.9. The van der Waals surface area contributed by atoms with Gasteiger partial charge < -0.3 is 9.47 Å². The molecule has 0 N–H and O–H groups in total. The van der Waals surface area contributed by atoms with Crippen molar-refractivity contribution < 1.29 is 9.47 Å². The van der Waals surface area contributed by atoms with Gasteiger partial charge in [-0.05, 0) is 37.1 Å². The third-order valence-corrected chi connectivity index (χ3v) is 4.50. The van der Waals surface area contributed by atoms with Gasteiger partial charge in [-0.25, -0.2) is 0 Å². The van der Waals surface area contributed by atoms with E-state index in [-0.39, 0.29) is 12.2 Å². The molecule has 0 amide bonds. The van der Waals surface area contributed by atoms with Crippen LogP contribution in [0.25, 0.3) is 0 Å². The Kier molecular flexibility index (Phi) is 5.10. The van der Waals surface area contributed by atoms with Crippen molar-refractivity contribution in [3.63, 3.8) is 0 Å². The first-order valence-electron chi connectivity index (χ1n) is 6.30. The zero-order valence-corrected chi connectivity index (χ0v) is 13.8. The highest BCUT2D eigenvalue weighted by Gasteiger charge is 2.42. The van der Waals surface area contributed by atoms with Crippen molar-refractivity contribution in [2.45, 2.75) is 43.7 Å². The molecule has 1 aliphatic rings. The van der Waals surface area contributed by atoms with Crippen LogP contribution in [0.2, 0.25) is 0 Å². The molecule has 3 atom stereocenters. The second kappa shape index (κ2) is 6.40.